The molecule has 0 radical (unpaired) electrons. The molecule has 6 heteroatoms. The monoisotopic (exact) mass is 745 g/mol. The van der Waals surface area contributed by atoms with Crippen LogP contribution in [-0.4, -0.2) is 24.1 Å². The summed E-state index contributed by atoms with van der Waals surface area (Å²) in [7, 11) is 0. The van der Waals surface area contributed by atoms with Crippen molar-refractivity contribution in [3.63, 3.8) is 0 Å². The largest absolute Gasteiger partial charge is 0.309 e. The van der Waals surface area contributed by atoms with Crippen LogP contribution in [-0.2, 0) is 0 Å². The van der Waals surface area contributed by atoms with E-state index < -0.39 is 0 Å². The summed E-state index contributed by atoms with van der Waals surface area (Å²) in [6.45, 7) is 0. The Morgan fingerprint density at radius 2 is 0.842 bits per heavy atom. The van der Waals surface area contributed by atoms with E-state index in [2.05, 4.69) is 179 Å². The molecule has 0 N–H and O–H groups in total. The van der Waals surface area contributed by atoms with E-state index in [1.54, 1.807) is 11.3 Å². The van der Waals surface area contributed by atoms with Gasteiger partial charge in [-0.3, -0.25) is 0 Å². The molecule has 0 saturated carbocycles. The minimum atomic E-state index is 0.633. The van der Waals surface area contributed by atoms with E-state index in [-0.39, 0.29) is 0 Å². The van der Waals surface area contributed by atoms with Crippen LogP contribution in [0.15, 0.2) is 188 Å². The van der Waals surface area contributed by atoms with Crippen LogP contribution in [0.5, 0.6) is 0 Å². The lowest BCUT2D eigenvalue weighted by atomic mass is 10.1. The molecule has 0 saturated heterocycles. The van der Waals surface area contributed by atoms with Gasteiger partial charge < -0.3 is 9.13 Å². The highest BCUT2D eigenvalue weighted by atomic mass is 32.1. The predicted molar refractivity (Wildman–Crippen MR) is 238 cm³/mol. The van der Waals surface area contributed by atoms with Gasteiger partial charge in [0.15, 0.2) is 17.5 Å². The number of aromatic nitrogens is 5. The highest BCUT2D eigenvalue weighted by Crippen LogP contribution is 2.41. The van der Waals surface area contributed by atoms with Crippen molar-refractivity contribution in [1.82, 2.24) is 24.1 Å². The number of thiophene rings is 1. The van der Waals surface area contributed by atoms with E-state index in [4.69, 9.17) is 15.0 Å². The number of rotatable bonds is 5. The van der Waals surface area contributed by atoms with Crippen LogP contribution < -0.4 is 0 Å². The molecule has 12 aromatic rings. The zero-order valence-electron chi connectivity index (χ0n) is 30.5. The summed E-state index contributed by atoms with van der Waals surface area (Å²) < 4.78 is 7.17. The minimum Gasteiger partial charge on any atom is -0.309 e. The van der Waals surface area contributed by atoms with E-state index in [0.717, 1.165) is 39.1 Å². The lowest BCUT2D eigenvalue weighted by Crippen LogP contribution is -2.01. The summed E-state index contributed by atoms with van der Waals surface area (Å²) >= 11 is 1.78. The summed E-state index contributed by atoms with van der Waals surface area (Å²) in [6.07, 6.45) is 0. The van der Waals surface area contributed by atoms with Gasteiger partial charge in [0.25, 0.3) is 0 Å². The van der Waals surface area contributed by atoms with Crippen LogP contribution in [0.2, 0.25) is 0 Å². The highest BCUT2D eigenvalue weighted by molar-refractivity contribution is 7.26. The summed E-state index contributed by atoms with van der Waals surface area (Å²) in [5.41, 5.74) is 9.72. The molecule has 0 bridgehead atoms. The normalized spacial score (nSPS) is 11.9. The first-order valence-electron chi connectivity index (χ1n) is 19.1. The van der Waals surface area contributed by atoms with Crippen molar-refractivity contribution < 1.29 is 0 Å². The van der Waals surface area contributed by atoms with Crippen molar-refractivity contribution in [2.75, 3.05) is 0 Å². The molecule has 0 aliphatic rings. The average Bonchev–Trinajstić information content (AvgIpc) is 3.94. The molecule has 0 aliphatic heterocycles. The molecule has 0 unspecified atom stereocenters. The molecule has 0 fully saturated rings. The van der Waals surface area contributed by atoms with Crippen LogP contribution in [0.3, 0.4) is 0 Å². The van der Waals surface area contributed by atoms with Gasteiger partial charge in [-0.05, 0) is 60.7 Å². The molecule has 57 heavy (non-hydrogen) atoms. The van der Waals surface area contributed by atoms with Crippen molar-refractivity contribution in [3.05, 3.63) is 188 Å². The molecule has 0 aliphatic carbocycles. The van der Waals surface area contributed by atoms with E-state index in [0.29, 0.717) is 17.5 Å². The van der Waals surface area contributed by atoms with E-state index in [9.17, 15) is 0 Å². The first-order chi connectivity index (χ1) is 28.3. The summed E-state index contributed by atoms with van der Waals surface area (Å²) in [4.78, 5) is 15.5. The molecule has 266 valence electrons. The lowest BCUT2D eigenvalue weighted by molar-refractivity contribution is 1.07. The first-order valence-corrected chi connectivity index (χ1v) is 19.9. The van der Waals surface area contributed by atoms with Crippen LogP contribution >= 0.6 is 11.3 Å². The molecule has 12 rings (SSSR count). The Morgan fingerprint density at radius 3 is 1.56 bits per heavy atom. The number of nitrogens with zero attached hydrogens (tertiary/aromatic N) is 5. The fraction of sp³-hybridized carbons (Fsp3) is 0. The number of benzene rings is 8. The van der Waals surface area contributed by atoms with Crippen molar-refractivity contribution >= 4 is 75.1 Å². The van der Waals surface area contributed by atoms with E-state index in [1.165, 1.54) is 52.8 Å². The molecule has 0 spiro atoms. The van der Waals surface area contributed by atoms with Gasteiger partial charge in [0.2, 0.25) is 0 Å². The van der Waals surface area contributed by atoms with Crippen molar-refractivity contribution in [1.29, 1.82) is 0 Å². The quantitative estimate of drug-likeness (QED) is 0.176. The van der Waals surface area contributed by atoms with Gasteiger partial charge in [-0.15, -0.1) is 11.3 Å². The summed E-state index contributed by atoms with van der Waals surface area (Å²) in [5, 5.41) is 7.37. The highest BCUT2D eigenvalue weighted by Gasteiger charge is 2.19. The molecule has 4 heterocycles. The Hall–Kier alpha value is -7.41. The third-order valence-corrected chi connectivity index (χ3v) is 12.4. The second kappa shape index (κ2) is 12.6. The number of hydrogen-bond donors (Lipinski definition) is 0. The van der Waals surface area contributed by atoms with Gasteiger partial charge in [0, 0.05) is 69.8 Å². The van der Waals surface area contributed by atoms with Gasteiger partial charge >= 0.3 is 0 Å². The zero-order valence-corrected chi connectivity index (χ0v) is 31.4. The van der Waals surface area contributed by atoms with E-state index >= 15 is 0 Å². The Bertz CT molecular complexity index is 3490. The maximum absolute atomic E-state index is 5.23. The fourth-order valence-electron chi connectivity index (χ4n) is 8.63. The van der Waals surface area contributed by atoms with Crippen LogP contribution in [0.4, 0.5) is 0 Å². The predicted octanol–water partition coefficient (Wildman–Crippen LogP) is 13.4. The van der Waals surface area contributed by atoms with Gasteiger partial charge in [-0.1, -0.05) is 127 Å². The molecule has 0 amide bonds. The minimum absolute atomic E-state index is 0.633. The summed E-state index contributed by atoms with van der Waals surface area (Å²) in [5.74, 6) is 1.94. The molecule has 0 atom stereocenters. The number of hydrogen-bond acceptors (Lipinski definition) is 4. The zero-order chi connectivity index (χ0) is 37.5. The molecular weight excluding hydrogens is 715 g/mol. The molecule has 8 aromatic carbocycles. The molecule has 4 aromatic heterocycles. The maximum Gasteiger partial charge on any atom is 0.165 e. The third kappa shape index (κ3) is 4.98. The van der Waals surface area contributed by atoms with Crippen molar-refractivity contribution in [2.24, 2.45) is 0 Å². The molecular formula is C51H31N5S. The van der Waals surface area contributed by atoms with E-state index in [1.807, 2.05) is 18.2 Å². The second-order valence-electron chi connectivity index (χ2n) is 14.4. The average molecular weight is 746 g/mol. The topological polar surface area (TPSA) is 48.5 Å². The Balaban J connectivity index is 1.04. The van der Waals surface area contributed by atoms with Crippen molar-refractivity contribution in [3.8, 4) is 45.5 Å². The Labute approximate surface area is 331 Å². The van der Waals surface area contributed by atoms with Gasteiger partial charge in [-0.25, -0.2) is 15.0 Å². The number of fused-ring (bicyclic) bond motifs is 9. The maximum atomic E-state index is 5.23. The van der Waals surface area contributed by atoms with Crippen molar-refractivity contribution in [2.45, 2.75) is 0 Å². The second-order valence-corrected chi connectivity index (χ2v) is 15.5. The molecule has 5 nitrogen and oxygen atoms in total. The third-order valence-electron chi connectivity index (χ3n) is 11.2. The Kier molecular flexibility index (Phi) is 7.03. The Morgan fingerprint density at radius 1 is 0.333 bits per heavy atom. The standard InChI is InChI=1S/C51H31N5S/c1-2-14-32(15-3-1)49-52-50(54-51(53-49)41-23-13-22-40-39-21-7-11-27-47(39)57-48(40)41)33-16-12-17-34(30-33)55-45-26-10-6-20-38(45)42-31-35(28-29-46(42)55)56-43-24-8-4-18-36(43)37-19-5-9-25-44(37)56/h1-31H. The fourth-order valence-corrected chi connectivity index (χ4v) is 9.84. The van der Waals surface area contributed by atoms with Crippen LogP contribution in [0, 0.1) is 0 Å². The SMILES string of the molecule is c1ccc(-c2nc(-c3cccc(-n4c5ccccc5c5cc(-n6c7ccccc7c7ccccc76)ccc54)c3)nc(-c3cccc4c3sc3ccccc34)n2)cc1. The first kappa shape index (κ1) is 31.9. The number of para-hydroxylation sites is 3. The van der Waals surface area contributed by atoms with Crippen LogP contribution in [0.25, 0.3) is 109 Å². The smallest absolute Gasteiger partial charge is 0.165 e. The van der Waals surface area contributed by atoms with Gasteiger partial charge in [-0.2, -0.15) is 0 Å². The summed E-state index contributed by atoms with van der Waals surface area (Å²) in [6, 6.07) is 66.7. The van der Waals surface area contributed by atoms with Gasteiger partial charge in [0.05, 0.1) is 22.1 Å². The van der Waals surface area contributed by atoms with Crippen LogP contribution in [0.1, 0.15) is 0 Å². The van der Waals surface area contributed by atoms with Gasteiger partial charge in [0.1, 0.15) is 0 Å². The lowest BCUT2D eigenvalue weighted by Gasteiger charge is -2.12.